The second-order valence-electron chi connectivity index (χ2n) is 8.38. The average molecular weight is 499 g/mol. The van der Waals surface area contributed by atoms with E-state index in [4.69, 9.17) is 43.2 Å². The van der Waals surface area contributed by atoms with E-state index in [9.17, 15) is 0 Å². The molecule has 0 aromatic heterocycles. The molecule has 0 aliphatic heterocycles. The van der Waals surface area contributed by atoms with Gasteiger partial charge in [-0.15, -0.1) is 0 Å². The second-order valence-corrected chi connectivity index (χ2v) is 9.20. The molecule has 4 nitrogen and oxygen atoms in total. The molecular formula is C29H20Cl2N2O2. The topological polar surface area (TPSA) is 66.0 Å². The Bertz CT molecular complexity index is 1340. The summed E-state index contributed by atoms with van der Waals surface area (Å²) in [6, 6.07) is 29.8. The quantitative estimate of drug-likeness (QED) is 0.266. The fraction of sp³-hybridized carbons (Fsp3) is 0.103. The van der Waals surface area contributed by atoms with Gasteiger partial charge < -0.3 is 9.47 Å². The lowest BCUT2D eigenvalue weighted by Crippen LogP contribution is -2.18. The SMILES string of the molecule is CC(C)(c1ccc(Oc2ccc(C#N)c(Cl)c2)cc1)c1ccc(Oc2ccc(C#N)c(Cl)c2)cc1. The summed E-state index contributed by atoms with van der Waals surface area (Å²) < 4.78 is 11.8. The van der Waals surface area contributed by atoms with Crippen molar-refractivity contribution in [2.45, 2.75) is 19.3 Å². The third-order valence-corrected chi connectivity index (χ3v) is 6.37. The molecule has 0 fully saturated rings. The van der Waals surface area contributed by atoms with Gasteiger partial charge in [0.25, 0.3) is 0 Å². The van der Waals surface area contributed by atoms with E-state index in [0.717, 1.165) is 11.1 Å². The molecule has 0 saturated carbocycles. The average Bonchev–Trinajstić information content (AvgIpc) is 2.85. The smallest absolute Gasteiger partial charge is 0.129 e. The predicted octanol–water partition coefficient (Wildman–Crippen LogP) is 8.65. The van der Waals surface area contributed by atoms with Crippen LogP contribution >= 0.6 is 23.2 Å². The fourth-order valence-corrected chi connectivity index (χ4v) is 4.04. The van der Waals surface area contributed by atoms with Crippen LogP contribution in [0.15, 0.2) is 84.9 Å². The third-order valence-electron chi connectivity index (χ3n) is 5.75. The number of benzene rings is 4. The zero-order valence-electron chi connectivity index (χ0n) is 19.0. The molecule has 0 radical (unpaired) electrons. The Morgan fingerprint density at radius 3 is 1.23 bits per heavy atom. The van der Waals surface area contributed by atoms with Crippen molar-refractivity contribution in [3.8, 4) is 35.1 Å². The molecule has 0 N–H and O–H groups in total. The molecule has 0 amide bonds. The highest BCUT2D eigenvalue weighted by molar-refractivity contribution is 6.32. The summed E-state index contributed by atoms with van der Waals surface area (Å²) in [5, 5.41) is 18.7. The van der Waals surface area contributed by atoms with Crippen LogP contribution in [0.1, 0.15) is 36.1 Å². The van der Waals surface area contributed by atoms with E-state index in [-0.39, 0.29) is 5.41 Å². The predicted molar refractivity (Wildman–Crippen MR) is 137 cm³/mol. The lowest BCUT2D eigenvalue weighted by Gasteiger charge is -2.26. The number of ether oxygens (including phenoxy) is 2. The molecule has 6 heteroatoms. The molecule has 35 heavy (non-hydrogen) atoms. The van der Waals surface area contributed by atoms with Crippen LogP contribution in [-0.4, -0.2) is 0 Å². The van der Waals surface area contributed by atoms with Gasteiger partial charge >= 0.3 is 0 Å². The van der Waals surface area contributed by atoms with Crippen molar-refractivity contribution in [3.63, 3.8) is 0 Å². The molecule has 172 valence electrons. The van der Waals surface area contributed by atoms with Gasteiger partial charge in [0.15, 0.2) is 0 Å². The van der Waals surface area contributed by atoms with Gasteiger partial charge in [-0.1, -0.05) is 61.3 Å². The van der Waals surface area contributed by atoms with Gasteiger partial charge in [-0.05, 0) is 59.7 Å². The minimum absolute atomic E-state index is 0.257. The highest BCUT2D eigenvalue weighted by Gasteiger charge is 2.23. The van der Waals surface area contributed by atoms with Crippen molar-refractivity contribution in [1.82, 2.24) is 0 Å². The van der Waals surface area contributed by atoms with Crippen LogP contribution in [0, 0.1) is 22.7 Å². The van der Waals surface area contributed by atoms with Gasteiger partial charge in [-0.3, -0.25) is 0 Å². The number of rotatable bonds is 6. The number of nitriles is 2. The summed E-state index contributed by atoms with van der Waals surface area (Å²) in [4.78, 5) is 0. The van der Waals surface area contributed by atoms with Gasteiger partial charge in [-0.25, -0.2) is 0 Å². The van der Waals surface area contributed by atoms with Gasteiger partial charge in [-0.2, -0.15) is 10.5 Å². The number of nitrogens with zero attached hydrogens (tertiary/aromatic N) is 2. The van der Waals surface area contributed by atoms with Gasteiger partial charge in [0, 0.05) is 17.5 Å². The molecule has 0 aliphatic carbocycles. The van der Waals surface area contributed by atoms with Crippen LogP contribution in [0.2, 0.25) is 10.0 Å². The molecule has 0 aliphatic rings. The number of hydrogen-bond donors (Lipinski definition) is 0. The van der Waals surface area contributed by atoms with Crippen LogP contribution < -0.4 is 9.47 Å². The van der Waals surface area contributed by atoms with E-state index in [1.54, 1.807) is 36.4 Å². The molecule has 0 unspecified atom stereocenters. The minimum atomic E-state index is -0.257. The Hall–Kier alpha value is -3.96. The maximum Gasteiger partial charge on any atom is 0.129 e. The molecule has 0 atom stereocenters. The number of hydrogen-bond acceptors (Lipinski definition) is 4. The van der Waals surface area contributed by atoms with Crippen molar-refractivity contribution < 1.29 is 9.47 Å². The van der Waals surface area contributed by atoms with Crippen molar-refractivity contribution in [2.24, 2.45) is 0 Å². The monoisotopic (exact) mass is 498 g/mol. The summed E-state index contributed by atoms with van der Waals surface area (Å²) >= 11 is 12.2. The Morgan fingerprint density at radius 1 is 0.571 bits per heavy atom. The highest BCUT2D eigenvalue weighted by atomic mass is 35.5. The van der Waals surface area contributed by atoms with Crippen LogP contribution in [0.4, 0.5) is 0 Å². The zero-order chi connectivity index (χ0) is 25.0. The normalized spacial score (nSPS) is 10.8. The summed E-state index contributed by atoms with van der Waals surface area (Å²) in [7, 11) is 0. The van der Waals surface area contributed by atoms with Crippen molar-refractivity contribution in [1.29, 1.82) is 10.5 Å². The third kappa shape index (κ3) is 5.42. The fourth-order valence-electron chi connectivity index (χ4n) is 3.62. The molecule has 0 bridgehead atoms. The minimum Gasteiger partial charge on any atom is -0.457 e. The van der Waals surface area contributed by atoms with E-state index in [1.807, 2.05) is 60.7 Å². The van der Waals surface area contributed by atoms with E-state index >= 15 is 0 Å². The largest absolute Gasteiger partial charge is 0.457 e. The van der Waals surface area contributed by atoms with E-state index < -0.39 is 0 Å². The van der Waals surface area contributed by atoms with E-state index in [1.165, 1.54) is 0 Å². The van der Waals surface area contributed by atoms with Crippen molar-refractivity contribution in [2.75, 3.05) is 0 Å². The Morgan fingerprint density at radius 2 is 0.914 bits per heavy atom. The van der Waals surface area contributed by atoms with E-state index in [0.29, 0.717) is 44.2 Å². The first-order chi connectivity index (χ1) is 16.8. The Labute approximate surface area is 214 Å². The first kappa shape index (κ1) is 24.2. The maximum atomic E-state index is 9.01. The first-order valence-corrected chi connectivity index (χ1v) is 11.5. The van der Waals surface area contributed by atoms with Gasteiger partial charge in [0.1, 0.15) is 35.1 Å². The Balaban J connectivity index is 1.47. The molecule has 4 aromatic carbocycles. The summed E-state index contributed by atoms with van der Waals surface area (Å²) in [5.74, 6) is 2.49. The van der Waals surface area contributed by atoms with Gasteiger partial charge in [0.2, 0.25) is 0 Å². The standard InChI is InChI=1S/C29H20Cl2N2O2/c1-29(2,21-5-11-23(12-6-21)34-25-9-3-19(17-32)27(30)15-25)22-7-13-24(14-8-22)35-26-10-4-20(18-33)28(31)16-26/h3-16H,1-2H3. The lowest BCUT2D eigenvalue weighted by molar-refractivity contribution is 0.481. The molecule has 4 aromatic rings. The first-order valence-electron chi connectivity index (χ1n) is 10.8. The van der Waals surface area contributed by atoms with Crippen LogP contribution in [0.25, 0.3) is 0 Å². The number of halogens is 2. The second kappa shape index (κ2) is 10.1. The molecule has 0 saturated heterocycles. The summed E-state index contributed by atoms with van der Waals surface area (Å²) in [6.07, 6.45) is 0. The van der Waals surface area contributed by atoms with Crippen molar-refractivity contribution >= 4 is 23.2 Å². The Kier molecular flexibility index (Phi) is 6.99. The summed E-state index contributed by atoms with van der Waals surface area (Å²) in [5.41, 5.74) is 2.80. The maximum absolute atomic E-state index is 9.01. The molecular weight excluding hydrogens is 479 g/mol. The molecule has 0 heterocycles. The molecule has 4 rings (SSSR count). The van der Waals surface area contributed by atoms with Crippen molar-refractivity contribution in [3.05, 3.63) is 117 Å². The zero-order valence-corrected chi connectivity index (χ0v) is 20.6. The van der Waals surface area contributed by atoms with Crippen LogP contribution in [0.5, 0.6) is 23.0 Å². The summed E-state index contributed by atoms with van der Waals surface area (Å²) in [6.45, 7) is 4.30. The highest BCUT2D eigenvalue weighted by Crippen LogP contribution is 2.35. The lowest BCUT2D eigenvalue weighted by atomic mass is 9.78. The molecule has 0 spiro atoms. The van der Waals surface area contributed by atoms with Crippen LogP contribution in [-0.2, 0) is 5.41 Å². The van der Waals surface area contributed by atoms with Crippen LogP contribution in [0.3, 0.4) is 0 Å². The van der Waals surface area contributed by atoms with Gasteiger partial charge in [0.05, 0.1) is 21.2 Å². The van der Waals surface area contributed by atoms with E-state index in [2.05, 4.69) is 13.8 Å².